The third-order valence-electron chi connectivity index (χ3n) is 2.15. The number of esters is 2. The number of fused-ring (bicyclic) bond motifs is 1. The van der Waals surface area contributed by atoms with Crippen LogP contribution in [0.3, 0.4) is 0 Å². The van der Waals surface area contributed by atoms with Gasteiger partial charge in [-0.25, -0.2) is 4.79 Å². The van der Waals surface area contributed by atoms with E-state index in [1.54, 1.807) is 12.1 Å². The molecular formula is C11H10ClNO5. The third-order valence-corrected chi connectivity index (χ3v) is 2.37. The SMILES string of the molecule is O=C(CCl)OCCOC(=O)c1cc2occc2[nH]1. The predicted molar refractivity (Wildman–Crippen MR) is 62.5 cm³/mol. The number of hydrogen-bond acceptors (Lipinski definition) is 5. The zero-order valence-corrected chi connectivity index (χ0v) is 10.0. The van der Waals surface area contributed by atoms with Gasteiger partial charge in [-0.3, -0.25) is 4.79 Å². The van der Waals surface area contributed by atoms with Gasteiger partial charge in [-0.05, 0) is 0 Å². The van der Waals surface area contributed by atoms with Gasteiger partial charge < -0.3 is 18.9 Å². The van der Waals surface area contributed by atoms with Crippen LogP contribution in [0.5, 0.6) is 0 Å². The fraction of sp³-hybridized carbons (Fsp3) is 0.273. The Kier molecular flexibility index (Phi) is 3.88. The standard InChI is InChI=1S/C11H10ClNO5/c12-6-10(14)17-3-4-18-11(15)8-5-9-7(13-8)1-2-16-9/h1-2,5,13H,3-4,6H2. The summed E-state index contributed by atoms with van der Waals surface area (Å²) in [5, 5.41) is 0. The second-order valence-electron chi connectivity index (χ2n) is 3.37. The van der Waals surface area contributed by atoms with Crippen molar-refractivity contribution in [1.82, 2.24) is 4.98 Å². The highest BCUT2D eigenvalue weighted by molar-refractivity contribution is 6.26. The number of carbonyl (C=O) groups is 2. The molecule has 0 unspecified atom stereocenters. The number of furan rings is 1. The predicted octanol–water partition coefficient (Wildman–Crippen LogP) is 1.70. The van der Waals surface area contributed by atoms with E-state index in [9.17, 15) is 9.59 Å². The minimum absolute atomic E-state index is 0.0197. The normalized spacial score (nSPS) is 10.5. The Morgan fingerprint density at radius 1 is 1.33 bits per heavy atom. The molecule has 6 nitrogen and oxygen atoms in total. The van der Waals surface area contributed by atoms with E-state index in [0.29, 0.717) is 5.58 Å². The minimum Gasteiger partial charge on any atom is -0.463 e. The highest BCUT2D eigenvalue weighted by Gasteiger charge is 2.12. The quantitative estimate of drug-likeness (QED) is 0.508. The zero-order valence-electron chi connectivity index (χ0n) is 9.27. The summed E-state index contributed by atoms with van der Waals surface area (Å²) in [7, 11) is 0. The summed E-state index contributed by atoms with van der Waals surface area (Å²) in [6, 6.07) is 3.25. The Balaban J connectivity index is 1.81. The van der Waals surface area contributed by atoms with Crippen LogP contribution in [0.1, 0.15) is 10.5 Å². The summed E-state index contributed by atoms with van der Waals surface area (Å²) >= 11 is 5.22. The van der Waals surface area contributed by atoms with Crippen LogP contribution in [0, 0.1) is 0 Å². The molecule has 2 rings (SSSR count). The maximum absolute atomic E-state index is 11.6. The number of aromatic nitrogens is 1. The minimum atomic E-state index is -0.551. The molecule has 0 radical (unpaired) electrons. The molecule has 0 aromatic carbocycles. The van der Waals surface area contributed by atoms with Gasteiger partial charge in [0.2, 0.25) is 0 Å². The van der Waals surface area contributed by atoms with Crippen LogP contribution < -0.4 is 0 Å². The van der Waals surface area contributed by atoms with E-state index in [4.69, 9.17) is 20.8 Å². The molecular weight excluding hydrogens is 262 g/mol. The van der Waals surface area contributed by atoms with Crippen molar-refractivity contribution >= 4 is 34.6 Å². The second kappa shape index (κ2) is 5.59. The van der Waals surface area contributed by atoms with Crippen LogP contribution in [0.15, 0.2) is 22.8 Å². The van der Waals surface area contributed by atoms with Gasteiger partial charge in [-0.2, -0.15) is 0 Å². The largest absolute Gasteiger partial charge is 0.463 e. The van der Waals surface area contributed by atoms with E-state index in [0.717, 1.165) is 5.52 Å². The van der Waals surface area contributed by atoms with Crippen LogP contribution in [0.25, 0.3) is 11.1 Å². The Hall–Kier alpha value is -1.95. The molecule has 0 amide bonds. The number of H-pyrrole nitrogens is 1. The monoisotopic (exact) mass is 271 g/mol. The van der Waals surface area contributed by atoms with Gasteiger partial charge >= 0.3 is 11.9 Å². The molecule has 0 atom stereocenters. The zero-order chi connectivity index (χ0) is 13.0. The smallest absolute Gasteiger partial charge is 0.355 e. The first-order chi connectivity index (χ1) is 8.70. The van der Waals surface area contributed by atoms with E-state index in [1.807, 2.05) is 0 Å². The van der Waals surface area contributed by atoms with Crippen molar-refractivity contribution in [2.24, 2.45) is 0 Å². The average Bonchev–Trinajstić information content (AvgIpc) is 2.94. The highest BCUT2D eigenvalue weighted by atomic mass is 35.5. The van der Waals surface area contributed by atoms with Crippen LogP contribution in [0.2, 0.25) is 0 Å². The van der Waals surface area contributed by atoms with Crippen molar-refractivity contribution in [3.8, 4) is 0 Å². The van der Waals surface area contributed by atoms with Gasteiger partial charge in [-0.15, -0.1) is 11.6 Å². The van der Waals surface area contributed by atoms with Gasteiger partial charge in [-0.1, -0.05) is 0 Å². The summed E-state index contributed by atoms with van der Waals surface area (Å²) in [5.41, 5.74) is 1.58. The molecule has 96 valence electrons. The number of nitrogens with one attached hydrogen (secondary N) is 1. The Morgan fingerprint density at radius 3 is 2.83 bits per heavy atom. The number of hydrogen-bond donors (Lipinski definition) is 1. The molecule has 2 heterocycles. The van der Waals surface area contributed by atoms with Crippen molar-refractivity contribution < 1.29 is 23.5 Å². The first-order valence-corrected chi connectivity index (χ1v) is 5.69. The Morgan fingerprint density at radius 2 is 2.11 bits per heavy atom. The molecule has 0 saturated heterocycles. The van der Waals surface area contributed by atoms with Crippen LogP contribution in [0.4, 0.5) is 0 Å². The van der Waals surface area contributed by atoms with Crippen molar-refractivity contribution in [3.63, 3.8) is 0 Å². The summed E-state index contributed by atoms with van der Waals surface area (Å²) < 4.78 is 14.6. The molecule has 0 aliphatic carbocycles. The molecule has 1 N–H and O–H groups in total. The molecule has 0 aliphatic heterocycles. The number of alkyl halides is 1. The summed E-state index contributed by atoms with van der Waals surface area (Å²) in [6.07, 6.45) is 1.52. The summed E-state index contributed by atoms with van der Waals surface area (Å²) in [4.78, 5) is 25.1. The van der Waals surface area contributed by atoms with Crippen molar-refractivity contribution in [1.29, 1.82) is 0 Å². The van der Waals surface area contributed by atoms with E-state index in [1.165, 1.54) is 6.26 Å². The lowest BCUT2D eigenvalue weighted by molar-refractivity contribution is -0.141. The third kappa shape index (κ3) is 2.84. The van der Waals surface area contributed by atoms with Crippen molar-refractivity contribution in [3.05, 3.63) is 24.1 Å². The molecule has 0 aliphatic rings. The van der Waals surface area contributed by atoms with Gasteiger partial charge in [0.25, 0.3) is 0 Å². The van der Waals surface area contributed by atoms with E-state index >= 15 is 0 Å². The first-order valence-electron chi connectivity index (χ1n) is 5.15. The number of rotatable bonds is 5. The van der Waals surface area contributed by atoms with Gasteiger partial charge in [0.15, 0.2) is 5.58 Å². The Bertz CT molecular complexity index is 530. The lowest BCUT2D eigenvalue weighted by Crippen LogP contribution is -2.14. The number of carbonyl (C=O) groups excluding carboxylic acids is 2. The van der Waals surface area contributed by atoms with E-state index in [-0.39, 0.29) is 24.8 Å². The van der Waals surface area contributed by atoms with Gasteiger partial charge in [0.1, 0.15) is 24.8 Å². The number of aromatic amines is 1. The second-order valence-corrected chi connectivity index (χ2v) is 3.64. The molecule has 0 bridgehead atoms. The van der Waals surface area contributed by atoms with E-state index in [2.05, 4.69) is 9.72 Å². The summed E-state index contributed by atoms with van der Waals surface area (Å²) in [6.45, 7) is -0.0457. The highest BCUT2D eigenvalue weighted by Crippen LogP contribution is 2.16. The van der Waals surface area contributed by atoms with E-state index < -0.39 is 11.9 Å². The maximum atomic E-state index is 11.6. The van der Waals surface area contributed by atoms with Crippen LogP contribution >= 0.6 is 11.6 Å². The molecule has 18 heavy (non-hydrogen) atoms. The fourth-order valence-electron chi connectivity index (χ4n) is 1.36. The van der Waals surface area contributed by atoms with Gasteiger partial charge in [0.05, 0.1) is 11.8 Å². The maximum Gasteiger partial charge on any atom is 0.355 e. The van der Waals surface area contributed by atoms with Crippen LogP contribution in [-0.4, -0.2) is 36.0 Å². The lowest BCUT2D eigenvalue weighted by Gasteiger charge is -2.03. The van der Waals surface area contributed by atoms with Gasteiger partial charge in [0, 0.05) is 12.1 Å². The molecule has 7 heteroatoms. The van der Waals surface area contributed by atoms with Crippen molar-refractivity contribution in [2.45, 2.75) is 0 Å². The van der Waals surface area contributed by atoms with Crippen molar-refractivity contribution in [2.75, 3.05) is 19.1 Å². The molecule has 0 fully saturated rings. The topological polar surface area (TPSA) is 81.5 Å². The lowest BCUT2D eigenvalue weighted by atomic mass is 10.4. The first kappa shape index (κ1) is 12.5. The fourth-order valence-corrected chi connectivity index (χ4v) is 1.44. The molecule has 2 aromatic rings. The molecule has 0 saturated carbocycles. The number of halogens is 1. The average molecular weight is 272 g/mol. The Labute approximate surface area is 107 Å². The molecule has 2 aromatic heterocycles. The molecule has 0 spiro atoms. The number of ether oxygens (including phenoxy) is 2. The summed E-state index contributed by atoms with van der Waals surface area (Å²) in [5.74, 6) is -1.31. The van der Waals surface area contributed by atoms with Crippen LogP contribution in [-0.2, 0) is 14.3 Å².